The lowest BCUT2D eigenvalue weighted by Crippen LogP contribution is -2.20. The molecule has 0 aliphatic heterocycles. The number of ether oxygens (including phenoxy) is 1. The van der Waals surface area contributed by atoms with E-state index in [4.69, 9.17) is 4.74 Å². The quantitative estimate of drug-likeness (QED) is 0.820. The van der Waals surface area contributed by atoms with Crippen LogP contribution in [0.2, 0.25) is 0 Å². The van der Waals surface area contributed by atoms with E-state index in [0.717, 1.165) is 5.56 Å². The monoisotopic (exact) mass is 330 g/mol. The molecule has 0 heterocycles. The van der Waals surface area contributed by atoms with Crippen molar-refractivity contribution in [3.05, 3.63) is 59.9 Å². The summed E-state index contributed by atoms with van der Waals surface area (Å²) in [6, 6.07) is 12.8. The van der Waals surface area contributed by atoms with Crippen LogP contribution in [0.4, 0.5) is 10.1 Å². The third-order valence-electron chi connectivity index (χ3n) is 3.28. The molecule has 2 amide bonds. The summed E-state index contributed by atoms with van der Waals surface area (Å²) in [5.74, 6) is -0.262. The molecule has 0 spiro atoms. The minimum Gasteiger partial charge on any atom is -0.493 e. The SMILES string of the molecule is CNC(=O)Cc1ccc(NC(=O)CCOc2cccc(F)c2)cc1. The molecule has 0 unspecified atom stereocenters. The van der Waals surface area contributed by atoms with Gasteiger partial charge in [0.05, 0.1) is 19.4 Å². The maximum absolute atomic E-state index is 13.0. The van der Waals surface area contributed by atoms with E-state index in [2.05, 4.69) is 10.6 Å². The minimum atomic E-state index is -0.381. The molecular formula is C18H19FN2O3. The summed E-state index contributed by atoms with van der Waals surface area (Å²) in [4.78, 5) is 23.1. The minimum absolute atomic E-state index is 0.0683. The summed E-state index contributed by atoms with van der Waals surface area (Å²) >= 11 is 0. The number of hydrogen-bond donors (Lipinski definition) is 2. The van der Waals surface area contributed by atoms with Gasteiger partial charge in [0.15, 0.2) is 0 Å². The summed E-state index contributed by atoms with van der Waals surface area (Å²) in [7, 11) is 1.59. The zero-order valence-corrected chi connectivity index (χ0v) is 13.3. The van der Waals surface area contributed by atoms with Gasteiger partial charge in [-0.3, -0.25) is 9.59 Å². The number of likely N-dealkylation sites (N-methyl/N-ethyl adjacent to an activating group) is 1. The molecule has 5 nitrogen and oxygen atoms in total. The first kappa shape index (κ1) is 17.5. The van der Waals surface area contributed by atoms with Crippen LogP contribution in [0.1, 0.15) is 12.0 Å². The van der Waals surface area contributed by atoms with Crippen LogP contribution in [0.3, 0.4) is 0 Å². The van der Waals surface area contributed by atoms with E-state index >= 15 is 0 Å². The molecule has 6 heteroatoms. The van der Waals surface area contributed by atoms with Crippen molar-refractivity contribution in [2.24, 2.45) is 0 Å². The highest BCUT2D eigenvalue weighted by Crippen LogP contribution is 2.13. The Balaban J connectivity index is 1.76. The van der Waals surface area contributed by atoms with Crippen molar-refractivity contribution in [1.82, 2.24) is 5.32 Å². The Hall–Kier alpha value is -2.89. The molecule has 2 rings (SSSR count). The van der Waals surface area contributed by atoms with E-state index < -0.39 is 0 Å². The van der Waals surface area contributed by atoms with E-state index in [1.54, 1.807) is 43.4 Å². The molecule has 0 saturated heterocycles. The lowest BCUT2D eigenvalue weighted by Gasteiger charge is -2.08. The smallest absolute Gasteiger partial charge is 0.227 e. The molecule has 2 aromatic rings. The molecule has 0 aromatic heterocycles. The van der Waals surface area contributed by atoms with E-state index in [-0.39, 0.29) is 30.7 Å². The number of anilines is 1. The number of carbonyl (C=O) groups excluding carboxylic acids is 2. The second-order valence-corrected chi connectivity index (χ2v) is 5.15. The van der Waals surface area contributed by atoms with Crippen LogP contribution in [0, 0.1) is 5.82 Å². The maximum Gasteiger partial charge on any atom is 0.227 e. The van der Waals surface area contributed by atoms with Crippen molar-refractivity contribution in [2.75, 3.05) is 19.0 Å². The highest BCUT2D eigenvalue weighted by molar-refractivity contribution is 5.90. The molecule has 2 aromatic carbocycles. The first-order valence-corrected chi connectivity index (χ1v) is 7.54. The summed E-state index contributed by atoms with van der Waals surface area (Å²) in [5.41, 5.74) is 1.51. The zero-order valence-electron chi connectivity index (χ0n) is 13.3. The average molecular weight is 330 g/mol. The lowest BCUT2D eigenvalue weighted by atomic mass is 10.1. The fraction of sp³-hybridized carbons (Fsp3) is 0.222. The van der Waals surface area contributed by atoms with Crippen LogP contribution >= 0.6 is 0 Å². The topological polar surface area (TPSA) is 67.4 Å². The van der Waals surface area contributed by atoms with Gasteiger partial charge in [-0.15, -0.1) is 0 Å². The molecule has 0 atom stereocenters. The van der Waals surface area contributed by atoms with Crippen LogP contribution < -0.4 is 15.4 Å². The Kier molecular flexibility index (Phi) is 6.31. The Morgan fingerprint density at radius 1 is 1.08 bits per heavy atom. The molecule has 0 saturated carbocycles. The van der Waals surface area contributed by atoms with Crippen molar-refractivity contribution >= 4 is 17.5 Å². The van der Waals surface area contributed by atoms with E-state index in [1.165, 1.54) is 12.1 Å². The predicted octanol–water partition coefficient (Wildman–Crippen LogP) is 2.52. The van der Waals surface area contributed by atoms with Gasteiger partial charge >= 0.3 is 0 Å². The van der Waals surface area contributed by atoms with Crippen LogP contribution in [0.5, 0.6) is 5.75 Å². The first-order chi connectivity index (χ1) is 11.6. The molecule has 2 N–H and O–H groups in total. The highest BCUT2D eigenvalue weighted by Gasteiger charge is 2.05. The molecule has 0 fully saturated rings. The van der Waals surface area contributed by atoms with Crippen molar-refractivity contribution in [2.45, 2.75) is 12.8 Å². The molecular weight excluding hydrogens is 311 g/mol. The Morgan fingerprint density at radius 2 is 1.83 bits per heavy atom. The number of amides is 2. The number of rotatable bonds is 7. The molecule has 0 bridgehead atoms. The van der Waals surface area contributed by atoms with Crippen LogP contribution in [0.25, 0.3) is 0 Å². The van der Waals surface area contributed by atoms with E-state index in [1.807, 2.05) is 0 Å². The van der Waals surface area contributed by atoms with Gasteiger partial charge in [0.25, 0.3) is 0 Å². The van der Waals surface area contributed by atoms with Gasteiger partial charge in [0, 0.05) is 18.8 Å². The summed E-state index contributed by atoms with van der Waals surface area (Å²) < 4.78 is 18.3. The van der Waals surface area contributed by atoms with E-state index in [9.17, 15) is 14.0 Å². The predicted molar refractivity (Wildman–Crippen MR) is 89.4 cm³/mol. The number of nitrogens with one attached hydrogen (secondary N) is 2. The molecule has 126 valence electrons. The fourth-order valence-electron chi connectivity index (χ4n) is 2.02. The van der Waals surface area contributed by atoms with Gasteiger partial charge in [-0.2, -0.15) is 0 Å². The van der Waals surface area contributed by atoms with E-state index in [0.29, 0.717) is 17.9 Å². The summed E-state index contributed by atoms with van der Waals surface area (Å²) in [6.07, 6.45) is 0.447. The van der Waals surface area contributed by atoms with Gasteiger partial charge in [-0.25, -0.2) is 4.39 Å². The number of halogens is 1. The third kappa shape index (κ3) is 5.72. The number of benzene rings is 2. The van der Waals surface area contributed by atoms with Crippen molar-refractivity contribution < 1.29 is 18.7 Å². The fourth-order valence-corrected chi connectivity index (χ4v) is 2.02. The van der Waals surface area contributed by atoms with Gasteiger partial charge in [-0.05, 0) is 29.8 Å². The highest BCUT2D eigenvalue weighted by atomic mass is 19.1. The van der Waals surface area contributed by atoms with Gasteiger partial charge in [0.2, 0.25) is 11.8 Å². The average Bonchev–Trinajstić information content (AvgIpc) is 2.56. The van der Waals surface area contributed by atoms with Crippen molar-refractivity contribution in [3.8, 4) is 5.75 Å². The Morgan fingerprint density at radius 3 is 2.50 bits per heavy atom. The normalized spacial score (nSPS) is 10.1. The molecule has 0 aliphatic carbocycles. The standard InChI is InChI=1S/C18H19FN2O3/c1-20-18(23)11-13-5-7-15(8-6-13)21-17(22)9-10-24-16-4-2-3-14(19)12-16/h2-8,12H,9-11H2,1H3,(H,20,23)(H,21,22). The first-order valence-electron chi connectivity index (χ1n) is 7.54. The summed E-state index contributed by atoms with van der Waals surface area (Å²) in [5, 5.41) is 5.29. The van der Waals surface area contributed by atoms with Gasteiger partial charge < -0.3 is 15.4 Å². The summed E-state index contributed by atoms with van der Waals surface area (Å²) in [6.45, 7) is 0.157. The Bertz CT molecular complexity index is 702. The third-order valence-corrected chi connectivity index (χ3v) is 3.28. The Labute approximate surface area is 139 Å². The number of hydrogen-bond acceptors (Lipinski definition) is 3. The van der Waals surface area contributed by atoms with Crippen LogP contribution in [-0.4, -0.2) is 25.5 Å². The zero-order chi connectivity index (χ0) is 17.4. The molecule has 0 aliphatic rings. The second kappa shape index (κ2) is 8.67. The number of carbonyl (C=O) groups is 2. The second-order valence-electron chi connectivity index (χ2n) is 5.15. The van der Waals surface area contributed by atoms with Gasteiger partial charge in [0.1, 0.15) is 11.6 Å². The molecule has 24 heavy (non-hydrogen) atoms. The molecule has 0 radical (unpaired) electrons. The van der Waals surface area contributed by atoms with Crippen LogP contribution in [0.15, 0.2) is 48.5 Å². The van der Waals surface area contributed by atoms with Crippen molar-refractivity contribution in [1.29, 1.82) is 0 Å². The largest absolute Gasteiger partial charge is 0.493 e. The lowest BCUT2D eigenvalue weighted by molar-refractivity contribution is -0.120. The van der Waals surface area contributed by atoms with Gasteiger partial charge in [-0.1, -0.05) is 18.2 Å². The maximum atomic E-state index is 13.0. The van der Waals surface area contributed by atoms with Crippen molar-refractivity contribution in [3.63, 3.8) is 0 Å². The van der Waals surface area contributed by atoms with Crippen LogP contribution in [-0.2, 0) is 16.0 Å².